The molecule has 1 rings (SSSR count). The number of nitroso groups, excluding NO2 is 1. The molecule has 21 heavy (non-hydrogen) atoms. The van der Waals surface area contributed by atoms with E-state index in [1.807, 2.05) is 0 Å². The van der Waals surface area contributed by atoms with Gasteiger partial charge in [0, 0.05) is 6.04 Å². The van der Waals surface area contributed by atoms with E-state index in [4.69, 9.17) is 0 Å². The van der Waals surface area contributed by atoms with E-state index in [1.165, 1.54) is 44.9 Å². The number of carbonyl (C=O) groups excluding carboxylic acids is 1. The Morgan fingerprint density at radius 2 is 1.48 bits per heavy atom. The molecule has 0 saturated heterocycles. The fourth-order valence-corrected chi connectivity index (χ4v) is 2.82. The van der Waals surface area contributed by atoms with E-state index in [1.54, 1.807) is 0 Å². The van der Waals surface area contributed by atoms with Crippen molar-refractivity contribution in [2.45, 2.75) is 76.7 Å². The Bertz CT molecular complexity index is 291. The first-order chi connectivity index (χ1) is 10.3. The van der Waals surface area contributed by atoms with Gasteiger partial charge >= 0.3 is 6.03 Å². The maximum absolute atomic E-state index is 12.2. The number of rotatable bonds is 4. The zero-order valence-electron chi connectivity index (χ0n) is 12.9. The summed E-state index contributed by atoms with van der Waals surface area (Å²) in [5.41, 5.74) is 0. The molecule has 1 aliphatic carbocycles. The van der Waals surface area contributed by atoms with Crippen LogP contribution >= 0.6 is 0 Å². The highest BCUT2D eigenvalue weighted by molar-refractivity contribution is 5.74. The lowest BCUT2D eigenvalue weighted by atomic mass is 9.98. The summed E-state index contributed by atoms with van der Waals surface area (Å²) in [6, 6.07) is -0.500. The second-order valence-corrected chi connectivity index (χ2v) is 5.80. The first-order valence-electron chi connectivity index (χ1n) is 8.25. The van der Waals surface area contributed by atoms with Gasteiger partial charge in [-0.15, -0.1) is 4.91 Å². The Kier molecular flexibility index (Phi) is 9.74. The van der Waals surface area contributed by atoms with Crippen molar-refractivity contribution >= 4 is 6.03 Å². The molecule has 6 heteroatoms. The number of hydrogen-bond acceptors (Lipinski definition) is 3. The molecule has 0 unspecified atom stereocenters. The lowest BCUT2D eigenvalue weighted by Crippen LogP contribution is -2.43. The van der Waals surface area contributed by atoms with E-state index in [9.17, 15) is 14.1 Å². The Hall–Kier alpha value is -1.20. The number of nitrogens with one attached hydrogen (secondary N) is 1. The zero-order chi connectivity index (χ0) is 15.3. The third-order valence-electron chi connectivity index (χ3n) is 4.06. The smallest absolute Gasteiger partial charge is 0.334 e. The number of carbonyl (C=O) groups is 1. The molecule has 0 atom stereocenters. The standard InChI is InChI=1S/C15H28FN3O2/c16-12-13-19(18-21)15(20)17-14-10-8-6-4-2-1-3-5-7-9-11-14/h14H,1-13H2,(H,17,20). The Morgan fingerprint density at radius 1 is 1.00 bits per heavy atom. The van der Waals surface area contributed by atoms with Gasteiger partial charge in [-0.2, -0.15) is 5.01 Å². The highest BCUT2D eigenvalue weighted by Gasteiger charge is 2.18. The predicted octanol–water partition coefficient (Wildman–Crippen LogP) is 4.32. The Labute approximate surface area is 126 Å². The summed E-state index contributed by atoms with van der Waals surface area (Å²) in [6.45, 7) is -1.04. The molecule has 0 aromatic carbocycles. The summed E-state index contributed by atoms with van der Waals surface area (Å²) < 4.78 is 12.2. The summed E-state index contributed by atoms with van der Waals surface area (Å²) in [6.07, 6.45) is 12.8. The molecular weight excluding hydrogens is 273 g/mol. The fourth-order valence-electron chi connectivity index (χ4n) is 2.82. The van der Waals surface area contributed by atoms with Crippen molar-refractivity contribution < 1.29 is 9.18 Å². The van der Waals surface area contributed by atoms with E-state index in [0.29, 0.717) is 5.01 Å². The minimum absolute atomic E-state index is 0.0702. The van der Waals surface area contributed by atoms with E-state index < -0.39 is 12.7 Å². The first-order valence-corrected chi connectivity index (χ1v) is 8.25. The quantitative estimate of drug-likeness (QED) is 0.621. The van der Waals surface area contributed by atoms with Crippen LogP contribution in [0.3, 0.4) is 0 Å². The lowest BCUT2D eigenvalue weighted by Gasteiger charge is -2.21. The molecule has 122 valence electrons. The van der Waals surface area contributed by atoms with E-state index in [-0.39, 0.29) is 12.6 Å². The van der Waals surface area contributed by atoms with Crippen molar-refractivity contribution in [3.05, 3.63) is 4.91 Å². The monoisotopic (exact) mass is 301 g/mol. The van der Waals surface area contributed by atoms with E-state index in [0.717, 1.165) is 25.7 Å². The number of amides is 2. The van der Waals surface area contributed by atoms with Gasteiger partial charge in [-0.25, -0.2) is 9.18 Å². The third-order valence-corrected chi connectivity index (χ3v) is 4.06. The van der Waals surface area contributed by atoms with Gasteiger partial charge in [0.1, 0.15) is 6.67 Å². The van der Waals surface area contributed by atoms with Crippen molar-refractivity contribution in [3.8, 4) is 0 Å². The highest BCUT2D eigenvalue weighted by Crippen LogP contribution is 2.17. The van der Waals surface area contributed by atoms with Gasteiger partial charge in [0.05, 0.1) is 11.8 Å². The first kappa shape index (κ1) is 17.9. The van der Waals surface area contributed by atoms with Crippen LogP contribution in [0.15, 0.2) is 5.29 Å². The minimum Gasteiger partial charge on any atom is -0.334 e. The van der Waals surface area contributed by atoms with Gasteiger partial charge in [0.15, 0.2) is 0 Å². The highest BCUT2D eigenvalue weighted by atomic mass is 19.1. The lowest BCUT2D eigenvalue weighted by molar-refractivity contribution is 0.188. The summed E-state index contributed by atoms with van der Waals surface area (Å²) in [7, 11) is 0. The molecule has 1 saturated carbocycles. The van der Waals surface area contributed by atoms with Crippen LogP contribution < -0.4 is 5.32 Å². The molecule has 1 aliphatic rings. The van der Waals surface area contributed by atoms with Gasteiger partial charge in [-0.05, 0) is 12.8 Å². The molecule has 5 nitrogen and oxygen atoms in total. The van der Waals surface area contributed by atoms with Gasteiger partial charge in [0.25, 0.3) is 0 Å². The zero-order valence-corrected chi connectivity index (χ0v) is 12.9. The van der Waals surface area contributed by atoms with Crippen molar-refractivity contribution in [3.63, 3.8) is 0 Å². The second kappa shape index (κ2) is 11.5. The van der Waals surface area contributed by atoms with Gasteiger partial charge < -0.3 is 5.32 Å². The van der Waals surface area contributed by atoms with E-state index >= 15 is 0 Å². The molecule has 0 aromatic rings. The average molecular weight is 301 g/mol. The average Bonchev–Trinajstić information content (AvgIpc) is 2.47. The minimum atomic E-state index is -0.760. The van der Waals surface area contributed by atoms with Gasteiger partial charge in [-0.3, -0.25) is 0 Å². The fraction of sp³-hybridized carbons (Fsp3) is 0.933. The van der Waals surface area contributed by atoms with Crippen LogP contribution in [0.1, 0.15) is 70.6 Å². The molecular formula is C15H28FN3O2. The summed E-state index contributed by atoms with van der Waals surface area (Å²) in [5, 5.41) is 6.05. The largest absolute Gasteiger partial charge is 0.340 e. The topological polar surface area (TPSA) is 61.8 Å². The maximum atomic E-state index is 12.2. The normalized spacial score (nSPS) is 19.1. The van der Waals surface area contributed by atoms with Crippen LogP contribution in [0.25, 0.3) is 0 Å². The maximum Gasteiger partial charge on any atom is 0.340 e. The molecule has 2 amide bonds. The molecule has 0 spiro atoms. The Balaban J connectivity index is 2.42. The van der Waals surface area contributed by atoms with Crippen molar-refractivity contribution in [1.82, 2.24) is 10.3 Å². The molecule has 0 bridgehead atoms. The predicted molar refractivity (Wildman–Crippen MR) is 81.6 cm³/mol. The molecule has 0 heterocycles. The number of nitrogens with zero attached hydrogens (tertiary/aromatic N) is 2. The number of alkyl halides is 1. The third kappa shape index (κ3) is 7.97. The van der Waals surface area contributed by atoms with Crippen molar-refractivity contribution in [1.29, 1.82) is 0 Å². The molecule has 1 fully saturated rings. The molecule has 0 radical (unpaired) electrons. The van der Waals surface area contributed by atoms with Gasteiger partial charge in [-0.1, -0.05) is 57.8 Å². The molecule has 0 aliphatic heterocycles. The van der Waals surface area contributed by atoms with Crippen molar-refractivity contribution in [2.75, 3.05) is 13.2 Å². The van der Waals surface area contributed by atoms with Crippen LogP contribution in [0.4, 0.5) is 9.18 Å². The summed E-state index contributed by atoms with van der Waals surface area (Å²) in [4.78, 5) is 22.4. The van der Waals surface area contributed by atoms with Crippen LogP contribution in [0, 0.1) is 4.91 Å². The number of halogens is 1. The van der Waals surface area contributed by atoms with Gasteiger partial charge in [0.2, 0.25) is 0 Å². The van der Waals surface area contributed by atoms with Crippen molar-refractivity contribution in [2.24, 2.45) is 5.29 Å². The molecule has 1 N–H and O–H groups in total. The van der Waals surface area contributed by atoms with Crippen LogP contribution in [0.2, 0.25) is 0 Å². The number of urea groups is 1. The van der Waals surface area contributed by atoms with Crippen LogP contribution in [-0.4, -0.2) is 30.3 Å². The molecule has 0 aromatic heterocycles. The van der Waals surface area contributed by atoms with Crippen LogP contribution in [-0.2, 0) is 0 Å². The Morgan fingerprint density at radius 3 is 1.90 bits per heavy atom. The second-order valence-electron chi connectivity index (χ2n) is 5.80. The van der Waals surface area contributed by atoms with Crippen LogP contribution in [0.5, 0.6) is 0 Å². The van der Waals surface area contributed by atoms with E-state index in [2.05, 4.69) is 10.6 Å². The SMILES string of the molecule is O=NN(CCF)C(=O)NC1CCCCCCCCCCC1. The summed E-state index contributed by atoms with van der Waals surface area (Å²) in [5.74, 6) is 0. The summed E-state index contributed by atoms with van der Waals surface area (Å²) >= 11 is 0. The number of hydrogen-bond donors (Lipinski definition) is 1.